The molecule has 104 valence electrons. The number of aliphatic hydroxyl groups excluding tert-OH is 1. The zero-order valence-electron chi connectivity index (χ0n) is 11.1. The Bertz CT molecular complexity index is 413. The van der Waals surface area contributed by atoms with Gasteiger partial charge in [-0.3, -0.25) is 4.79 Å². The third-order valence-corrected chi connectivity index (χ3v) is 3.02. The second-order valence-corrected chi connectivity index (χ2v) is 4.70. The van der Waals surface area contributed by atoms with Crippen molar-refractivity contribution in [3.8, 4) is 0 Å². The number of aromatic nitrogens is 1. The summed E-state index contributed by atoms with van der Waals surface area (Å²) in [6, 6.07) is 3.63. The first-order chi connectivity index (χ1) is 9.16. The highest BCUT2D eigenvalue weighted by Crippen LogP contribution is 2.13. The molecule has 1 aromatic heterocycles. The van der Waals surface area contributed by atoms with Gasteiger partial charge in [0.25, 0.3) is 5.91 Å². The molecule has 1 unspecified atom stereocenters. The number of nitrogens with zero attached hydrogens (tertiary/aromatic N) is 2. The van der Waals surface area contributed by atoms with Gasteiger partial charge in [0, 0.05) is 32.7 Å². The van der Waals surface area contributed by atoms with Gasteiger partial charge in [0.2, 0.25) is 0 Å². The molecule has 1 saturated heterocycles. The van der Waals surface area contributed by atoms with E-state index in [-0.39, 0.29) is 12.5 Å². The van der Waals surface area contributed by atoms with E-state index in [1.54, 1.807) is 19.2 Å². The van der Waals surface area contributed by atoms with Gasteiger partial charge in [0.15, 0.2) is 0 Å². The minimum Gasteiger partial charge on any atom is -0.392 e. The second kappa shape index (κ2) is 6.49. The molecule has 1 fully saturated rings. The molecule has 1 atom stereocenters. The van der Waals surface area contributed by atoms with Crippen molar-refractivity contribution >= 4 is 11.6 Å². The van der Waals surface area contributed by atoms with E-state index in [9.17, 15) is 4.79 Å². The van der Waals surface area contributed by atoms with Gasteiger partial charge in [0.05, 0.1) is 18.0 Å². The smallest absolute Gasteiger partial charge is 0.269 e. The quantitative estimate of drug-likeness (QED) is 0.690. The lowest BCUT2D eigenvalue weighted by molar-refractivity contribution is 0.0919. The molecular formula is C13H20N4O2. The summed E-state index contributed by atoms with van der Waals surface area (Å²) in [5.41, 5.74) is 1.41. The molecule has 0 radical (unpaired) electrons. The van der Waals surface area contributed by atoms with Crippen LogP contribution in [0.3, 0.4) is 0 Å². The highest BCUT2D eigenvalue weighted by Gasteiger charge is 2.12. The van der Waals surface area contributed by atoms with E-state index in [1.807, 2.05) is 6.07 Å². The average Bonchev–Trinajstić information content (AvgIpc) is 2.46. The summed E-state index contributed by atoms with van der Waals surface area (Å²) in [6.45, 7) is 5.71. The molecule has 0 aromatic carbocycles. The van der Waals surface area contributed by atoms with E-state index in [2.05, 4.69) is 20.5 Å². The first kappa shape index (κ1) is 13.8. The zero-order chi connectivity index (χ0) is 13.7. The van der Waals surface area contributed by atoms with Gasteiger partial charge in [-0.15, -0.1) is 0 Å². The van der Waals surface area contributed by atoms with Crippen LogP contribution in [0.15, 0.2) is 18.3 Å². The number of pyridine rings is 1. The predicted molar refractivity (Wildman–Crippen MR) is 73.3 cm³/mol. The van der Waals surface area contributed by atoms with Crippen molar-refractivity contribution in [2.75, 3.05) is 37.6 Å². The van der Waals surface area contributed by atoms with Crippen LogP contribution in [-0.4, -0.2) is 54.8 Å². The first-order valence-electron chi connectivity index (χ1n) is 6.55. The number of piperazine rings is 1. The molecule has 1 aliphatic heterocycles. The van der Waals surface area contributed by atoms with E-state index in [0.717, 1.165) is 31.9 Å². The molecule has 3 N–H and O–H groups in total. The Morgan fingerprint density at radius 1 is 1.53 bits per heavy atom. The second-order valence-electron chi connectivity index (χ2n) is 4.70. The van der Waals surface area contributed by atoms with Crippen LogP contribution < -0.4 is 15.5 Å². The Balaban J connectivity index is 1.95. The number of carbonyl (C=O) groups is 1. The van der Waals surface area contributed by atoms with E-state index in [4.69, 9.17) is 5.11 Å². The molecule has 0 aliphatic carbocycles. The molecule has 1 aliphatic rings. The summed E-state index contributed by atoms with van der Waals surface area (Å²) < 4.78 is 0. The van der Waals surface area contributed by atoms with Crippen molar-refractivity contribution in [2.45, 2.75) is 13.0 Å². The molecule has 0 bridgehead atoms. The maximum atomic E-state index is 11.7. The van der Waals surface area contributed by atoms with Crippen LogP contribution >= 0.6 is 0 Å². The van der Waals surface area contributed by atoms with E-state index in [1.165, 1.54) is 0 Å². The van der Waals surface area contributed by atoms with Gasteiger partial charge in [-0.25, -0.2) is 4.98 Å². The molecule has 2 rings (SSSR count). The standard InChI is InChI=1S/C13H20N4O2/c1-10(18)8-16-13(19)12-3-2-11(9-15-12)17-6-4-14-5-7-17/h2-3,9-10,14,18H,4-8H2,1H3,(H,16,19). The van der Waals surface area contributed by atoms with Crippen LogP contribution in [0.1, 0.15) is 17.4 Å². The highest BCUT2D eigenvalue weighted by atomic mass is 16.3. The van der Waals surface area contributed by atoms with E-state index in [0.29, 0.717) is 5.69 Å². The number of hydrogen-bond donors (Lipinski definition) is 3. The third kappa shape index (κ3) is 3.90. The Kier molecular flexibility index (Phi) is 4.70. The first-order valence-corrected chi connectivity index (χ1v) is 6.55. The van der Waals surface area contributed by atoms with Gasteiger partial charge < -0.3 is 20.6 Å². The van der Waals surface area contributed by atoms with Crippen molar-refractivity contribution in [2.24, 2.45) is 0 Å². The Morgan fingerprint density at radius 3 is 2.84 bits per heavy atom. The van der Waals surface area contributed by atoms with Crippen molar-refractivity contribution in [1.29, 1.82) is 0 Å². The lowest BCUT2D eigenvalue weighted by atomic mass is 10.2. The number of anilines is 1. The Hall–Kier alpha value is -1.66. The summed E-state index contributed by atoms with van der Waals surface area (Å²) >= 11 is 0. The fraction of sp³-hybridized carbons (Fsp3) is 0.538. The summed E-state index contributed by atoms with van der Waals surface area (Å²) in [6.07, 6.45) is 1.17. The molecule has 1 aromatic rings. The van der Waals surface area contributed by atoms with Crippen LogP contribution in [0.4, 0.5) is 5.69 Å². The average molecular weight is 264 g/mol. The van der Waals surface area contributed by atoms with Crippen LogP contribution in [0.25, 0.3) is 0 Å². The third-order valence-electron chi connectivity index (χ3n) is 3.02. The van der Waals surface area contributed by atoms with Gasteiger partial charge in [-0.2, -0.15) is 0 Å². The molecule has 19 heavy (non-hydrogen) atoms. The molecule has 0 saturated carbocycles. The number of nitrogens with one attached hydrogen (secondary N) is 2. The van der Waals surface area contributed by atoms with Crippen molar-refractivity contribution in [3.05, 3.63) is 24.0 Å². The fourth-order valence-corrected chi connectivity index (χ4v) is 1.96. The Morgan fingerprint density at radius 2 is 2.26 bits per heavy atom. The van der Waals surface area contributed by atoms with Crippen LogP contribution in [0.5, 0.6) is 0 Å². The van der Waals surface area contributed by atoms with Gasteiger partial charge in [0.1, 0.15) is 5.69 Å². The largest absolute Gasteiger partial charge is 0.392 e. The molecule has 0 spiro atoms. The lowest BCUT2D eigenvalue weighted by Crippen LogP contribution is -2.43. The lowest BCUT2D eigenvalue weighted by Gasteiger charge is -2.29. The zero-order valence-corrected chi connectivity index (χ0v) is 11.1. The number of aliphatic hydroxyl groups is 1. The number of carbonyl (C=O) groups excluding carboxylic acids is 1. The maximum Gasteiger partial charge on any atom is 0.269 e. The van der Waals surface area contributed by atoms with Gasteiger partial charge >= 0.3 is 0 Å². The summed E-state index contributed by atoms with van der Waals surface area (Å²) in [5.74, 6) is -0.257. The van der Waals surface area contributed by atoms with E-state index >= 15 is 0 Å². The molecular weight excluding hydrogens is 244 g/mol. The normalized spacial score (nSPS) is 17.1. The number of hydrogen-bond acceptors (Lipinski definition) is 5. The van der Waals surface area contributed by atoms with Crippen molar-refractivity contribution in [3.63, 3.8) is 0 Å². The van der Waals surface area contributed by atoms with Crippen LogP contribution in [0, 0.1) is 0 Å². The molecule has 2 heterocycles. The maximum absolute atomic E-state index is 11.7. The minimum atomic E-state index is -0.552. The molecule has 6 nitrogen and oxygen atoms in total. The Labute approximate surface area is 112 Å². The SMILES string of the molecule is CC(O)CNC(=O)c1ccc(N2CCNCC2)cn1. The van der Waals surface area contributed by atoms with Gasteiger partial charge in [-0.1, -0.05) is 0 Å². The monoisotopic (exact) mass is 264 g/mol. The van der Waals surface area contributed by atoms with Crippen molar-refractivity contribution < 1.29 is 9.90 Å². The van der Waals surface area contributed by atoms with Crippen LogP contribution in [0.2, 0.25) is 0 Å². The fourth-order valence-electron chi connectivity index (χ4n) is 1.96. The number of amides is 1. The van der Waals surface area contributed by atoms with E-state index < -0.39 is 6.10 Å². The topological polar surface area (TPSA) is 77.5 Å². The van der Waals surface area contributed by atoms with Gasteiger partial charge in [-0.05, 0) is 19.1 Å². The predicted octanol–water partition coefficient (Wildman–Crippen LogP) is -0.398. The summed E-state index contributed by atoms with van der Waals surface area (Å²) in [4.78, 5) is 18.1. The summed E-state index contributed by atoms with van der Waals surface area (Å²) in [5, 5.41) is 15.0. The molecule has 1 amide bonds. The number of rotatable bonds is 4. The summed E-state index contributed by atoms with van der Waals surface area (Å²) in [7, 11) is 0. The molecule has 6 heteroatoms. The van der Waals surface area contributed by atoms with Crippen molar-refractivity contribution in [1.82, 2.24) is 15.6 Å². The minimum absolute atomic E-state index is 0.236. The van der Waals surface area contributed by atoms with Crippen LogP contribution in [-0.2, 0) is 0 Å². The highest BCUT2D eigenvalue weighted by molar-refractivity contribution is 5.92.